The summed E-state index contributed by atoms with van der Waals surface area (Å²) >= 11 is 0. The Kier molecular flexibility index (Phi) is 3.83. The molecule has 0 bridgehead atoms. The lowest BCUT2D eigenvalue weighted by Crippen LogP contribution is -2.11. The highest BCUT2D eigenvalue weighted by molar-refractivity contribution is 5.69. The Morgan fingerprint density at radius 2 is 1.85 bits per heavy atom. The summed E-state index contributed by atoms with van der Waals surface area (Å²) in [7, 11) is 0. The molecule has 0 aliphatic heterocycles. The van der Waals surface area contributed by atoms with Gasteiger partial charge in [0.2, 0.25) is 5.88 Å². The Hall–Kier alpha value is -2.24. The molecule has 6 heteroatoms. The fourth-order valence-corrected chi connectivity index (χ4v) is 2.12. The number of rotatable bonds is 3. The Morgan fingerprint density at radius 3 is 2.35 bits per heavy atom. The fourth-order valence-electron chi connectivity index (χ4n) is 2.12. The average Bonchev–Trinajstić information content (AvgIpc) is 2.63. The molecule has 6 nitrogen and oxygen atoms in total. The Morgan fingerprint density at radius 1 is 1.25 bits per heavy atom. The third kappa shape index (κ3) is 2.68. The van der Waals surface area contributed by atoms with Gasteiger partial charge >= 0.3 is 5.97 Å². The van der Waals surface area contributed by atoms with Gasteiger partial charge < -0.3 is 4.74 Å². The molecule has 0 radical (unpaired) electrons. The van der Waals surface area contributed by atoms with E-state index in [1.807, 2.05) is 33.8 Å². The second-order valence-corrected chi connectivity index (χ2v) is 4.68. The Bertz CT molecular complexity index is 641. The molecule has 0 unspecified atom stereocenters. The van der Waals surface area contributed by atoms with Crippen LogP contribution in [-0.4, -0.2) is 25.7 Å². The maximum Gasteiger partial charge on any atom is 0.309 e. The molecule has 2 heterocycles. The molecule has 0 spiro atoms. The average molecular weight is 274 g/mol. The zero-order valence-electron chi connectivity index (χ0n) is 12.4. The predicted octanol–water partition coefficient (Wildman–Crippen LogP) is 2.08. The minimum absolute atomic E-state index is 0.384. The number of esters is 1. The maximum absolute atomic E-state index is 11.3. The van der Waals surface area contributed by atoms with E-state index in [1.54, 1.807) is 0 Å². The SMILES string of the molecule is CCc1c(C)nn(-c2nc(C)cc(C)n2)c1OC(C)=O. The smallest absolute Gasteiger partial charge is 0.309 e. The quantitative estimate of drug-likeness (QED) is 0.801. The minimum atomic E-state index is -0.384. The van der Waals surface area contributed by atoms with Crippen molar-refractivity contribution in [3.8, 4) is 11.8 Å². The van der Waals surface area contributed by atoms with E-state index in [9.17, 15) is 4.79 Å². The van der Waals surface area contributed by atoms with Crippen LogP contribution in [0.15, 0.2) is 6.07 Å². The van der Waals surface area contributed by atoms with E-state index in [0.29, 0.717) is 11.8 Å². The molecule has 0 saturated carbocycles. The first-order chi connectivity index (χ1) is 9.42. The third-order valence-corrected chi connectivity index (χ3v) is 2.89. The van der Waals surface area contributed by atoms with Crippen LogP contribution in [0.5, 0.6) is 5.88 Å². The summed E-state index contributed by atoms with van der Waals surface area (Å²) in [6, 6.07) is 1.88. The molecular weight excluding hydrogens is 256 g/mol. The molecule has 0 saturated heterocycles. The van der Waals surface area contributed by atoms with E-state index in [4.69, 9.17) is 4.74 Å². The van der Waals surface area contributed by atoms with Crippen molar-refractivity contribution in [1.29, 1.82) is 0 Å². The van der Waals surface area contributed by atoms with Crippen molar-refractivity contribution in [3.05, 3.63) is 28.7 Å². The molecule has 0 N–H and O–H groups in total. The van der Waals surface area contributed by atoms with Crippen molar-refractivity contribution in [2.24, 2.45) is 0 Å². The molecule has 0 atom stereocenters. The van der Waals surface area contributed by atoms with Gasteiger partial charge in [-0.25, -0.2) is 9.97 Å². The number of nitrogens with zero attached hydrogens (tertiary/aromatic N) is 4. The van der Waals surface area contributed by atoms with Gasteiger partial charge in [-0.2, -0.15) is 9.78 Å². The fraction of sp³-hybridized carbons (Fsp3) is 0.429. The molecule has 0 amide bonds. The molecule has 2 aromatic heterocycles. The summed E-state index contributed by atoms with van der Waals surface area (Å²) < 4.78 is 6.80. The van der Waals surface area contributed by atoms with Crippen LogP contribution in [0, 0.1) is 20.8 Å². The summed E-state index contributed by atoms with van der Waals surface area (Å²) in [4.78, 5) is 20.0. The molecule has 2 aromatic rings. The summed E-state index contributed by atoms with van der Waals surface area (Å²) in [5.74, 6) is 0.439. The van der Waals surface area contributed by atoms with Crippen LogP contribution >= 0.6 is 0 Å². The number of hydrogen-bond acceptors (Lipinski definition) is 5. The third-order valence-electron chi connectivity index (χ3n) is 2.89. The van der Waals surface area contributed by atoms with Crippen molar-refractivity contribution < 1.29 is 9.53 Å². The summed E-state index contributed by atoms with van der Waals surface area (Å²) in [5, 5.41) is 4.40. The highest BCUT2D eigenvalue weighted by atomic mass is 16.5. The first-order valence-corrected chi connectivity index (χ1v) is 6.52. The topological polar surface area (TPSA) is 69.9 Å². The minimum Gasteiger partial charge on any atom is -0.407 e. The molecule has 0 aliphatic rings. The first kappa shape index (κ1) is 14.2. The van der Waals surface area contributed by atoms with Crippen LogP contribution in [0.3, 0.4) is 0 Å². The second-order valence-electron chi connectivity index (χ2n) is 4.68. The highest BCUT2D eigenvalue weighted by Gasteiger charge is 2.20. The standard InChI is InChI=1S/C14H18N4O2/c1-6-12-10(4)17-18(13(12)20-11(5)19)14-15-8(2)7-9(3)16-14/h7H,6H2,1-5H3. The van der Waals surface area contributed by atoms with Gasteiger partial charge in [-0.1, -0.05) is 6.92 Å². The molecule has 0 aromatic carbocycles. The van der Waals surface area contributed by atoms with E-state index in [0.717, 1.165) is 29.1 Å². The van der Waals surface area contributed by atoms with Gasteiger partial charge in [-0.3, -0.25) is 4.79 Å². The van der Waals surface area contributed by atoms with Crippen molar-refractivity contribution in [2.75, 3.05) is 0 Å². The summed E-state index contributed by atoms with van der Waals surface area (Å²) in [5.41, 5.74) is 3.38. The van der Waals surface area contributed by atoms with Crippen molar-refractivity contribution in [1.82, 2.24) is 19.7 Å². The predicted molar refractivity (Wildman–Crippen MR) is 74.1 cm³/mol. The summed E-state index contributed by atoms with van der Waals surface area (Å²) in [6.45, 7) is 9.02. The molecule has 2 rings (SSSR count). The maximum atomic E-state index is 11.3. The second kappa shape index (κ2) is 5.40. The van der Waals surface area contributed by atoms with Gasteiger partial charge in [0, 0.05) is 23.9 Å². The monoisotopic (exact) mass is 274 g/mol. The van der Waals surface area contributed by atoms with Gasteiger partial charge in [-0.05, 0) is 33.3 Å². The Labute approximate surface area is 117 Å². The first-order valence-electron chi connectivity index (χ1n) is 6.52. The largest absolute Gasteiger partial charge is 0.407 e. The summed E-state index contributed by atoms with van der Waals surface area (Å²) in [6.07, 6.45) is 0.721. The van der Waals surface area contributed by atoms with Crippen molar-refractivity contribution in [3.63, 3.8) is 0 Å². The molecule has 106 valence electrons. The number of carbonyl (C=O) groups is 1. The normalized spacial score (nSPS) is 10.7. The van der Waals surface area contributed by atoms with E-state index < -0.39 is 0 Å². The molecule has 20 heavy (non-hydrogen) atoms. The van der Waals surface area contributed by atoms with Crippen LogP contribution in [-0.2, 0) is 11.2 Å². The van der Waals surface area contributed by atoms with Gasteiger partial charge in [0.1, 0.15) is 0 Å². The van der Waals surface area contributed by atoms with Gasteiger partial charge in [0.05, 0.1) is 5.69 Å². The zero-order valence-corrected chi connectivity index (χ0v) is 12.4. The lowest BCUT2D eigenvalue weighted by atomic mass is 10.2. The lowest BCUT2D eigenvalue weighted by molar-refractivity contribution is -0.132. The highest BCUT2D eigenvalue weighted by Crippen LogP contribution is 2.25. The zero-order chi connectivity index (χ0) is 14.9. The van der Waals surface area contributed by atoms with Gasteiger partial charge in [0.25, 0.3) is 5.95 Å². The van der Waals surface area contributed by atoms with Crippen LogP contribution in [0.1, 0.15) is 36.5 Å². The van der Waals surface area contributed by atoms with Crippen LogP contribution in [0.2, 0.25) is 0 Å². The van der Waals surface area contributed by atoms with E-state index >= 15 is 0 Å². The van der Waals surface area contributed by atoms with Crippen LogP contribution < -0.4 is 4.74 Å². The van der Waals surface area contributed by atoms with E-state index in [2.05, 4.69) is 15.1 Å². The van der Waals surface area contributed by atoms with Crippen molar-refractivity contribution >= 4 is 5.97 Å². The van der Waals surface area contributed by atoms with Gasteiger partial charge in [0.15, 0.2) is 0 Å². The van der Waals surface area contributed by atoms with E-state index in [1.165, 1.54) is 11.6 Å². The number of ether oxygens (including phenoxy) is 1. The van der Waals surface area contributed by atoms with Gasteiger partial charge in [-0.15, -0.1) is 0 Å². The Balaban J connectivity index is 2.63. The van der Waals surface area contributed by atoms with Crippen molar-refractivity contribution in [2.45, 2.75) is 41.0 Å². The van der Waals surface area contributed by atoms with E-state index in [-0.39, 0.29) is 5.97 Å². The molecule has 0 fully saturated rings. The molecule has 0 aliphatic carbocycles. The molecular formula is C14H18N4O2. The van der Waals surface area contributed by atoms with Crippen LogP contribution in [0.4, 0.5) is 0 Å². The number of hydrogen-bond donors (Lipinski definition) is 0. The van der Waals surface area contributed by atoms with Crippen LogP contribution in [0.25, 0.3) is 5.95 Å². The number of aromatic nitrogens is 4. The lowest BCUT2D eigenvalue weighted by Gasteiger charge is -2.08. The number of aryl methyl sites for hydroxylation is 3. The number of carbonyl (C=O) groups excluding carboxylic acids is 1.